The largest absolute Gasteiger partial charge is 0.480 e. The SMILES string of the molecule is CCCN(CC(=O)O)c1ncnc2c1cnn2C(C)(C)C. The van der Waals surface area contributed by atoms with E-state index in [1.54, 1.807) is 11.1 Å². The number of aromatic nitrogens is 4. The summed E-state index contributed by atoms with van der Waals surface area (Å²) in [7, 11) is 0. The van der Waals surface area contributed by atoms with E-state index in [1.165, 1.54) is 6.33 Å². The van der Waals surface area contributed by atoms with Gasteiger partial charge in [-0.15, -0.1) is 0 Å². The average molecular weight is 291 g/mol. The Hall–Kier alpha value is -2.18. The molecule has 0 saturated carbocycles. The summed E-state index contributed by atoms with van der Waals surface area (Å²) in [6.45, 7) is 8.68. The van der Waals surface area contributed by atoms with Gasteiger partial charge in [-0.25, -0.2) is 14.6 Å². The molecule has 2 aromatic heterocycles. The number of fused-ring (bicyclic) bond motifs is 1. The fourth-order valence-electron chi connectivity index (χ4n) is 2.27. The molecule has 0 spiro atoms. The van der Waals surface area contributed by atoms with Crippen LogP contribution in [-0.2, 0) is 10.3 Å². The molecular formula is C14H21N5O2. The van der Waals surface area contributed by atoms with Gasteiger partial charge in [-0.3, -0.25) is 4.79 Å². The topological polar surface area (TPSA) is 84.1 Å². The normalized spacial score (nSPS) is 11.8. The van der Waals surface area contributed by atoms with Crippen LogP contribution in [0.25, 0.3) is 11.0 Å². The van der Waals surface area contributed by atoms with Gasteiger partial charge in [-0.1, -0.05) is 6.92 Å². The molecule has 2 rings (SSSR count). The highest BCUT2D eigenvalue weighted by atomic mass is 16.4. The summed E-state index contributed by atoms with van der Waals surface area (Å²) in [4.78, 5) is 21.4. The molecule has 21 heavy (non-hydrogen) atoms. The first-order valence-corrected chi connectivity index (χ1v) is 7.00. The van der Waals surface area contributed by atoms with E-state index in [-0.39, 0.29) is 12.1 Å². The standard InChI is InChI=1S/C14H21N5O2/c1-5-6-18(8-11(20)21)12-10-7-17-19(14(2,3)4)13(10)16-9-15-12/h7,9H,5-6,8H2,1-4H3,(H,20,21). The van der Waals surface area contributed by atoms with Gasteiger partial charge in [0.05, 0.1) is 17.1 Å². The minimum absolute atomic E-state index is 0.0827. The number of carbonyl (C=O) groups is 1. The van der Waals surface area contributed by atoms with Crippen molar-refractivity contribution in [2.45, 2.75) is 39.7 Å². The molecule has 0 aliphatic rings. The Morgan fingerprint density at radius 2 is 2.10 bits per heavy atom. The Morgan fingerprint density at radius 1 is 1.38 bits per heavy atom. The lowest BCUT2D eigenvalue weighted by Gasteiger charge is -2.22. The van der Waals surface area contributed by atoms with Gasteiger partial charge in [0.1, 0.15) is 18.7 Å². The van der Waals surface area contributed by atoms with Gasteiger partial charge >= 0.3 is 5.97 Å². The van der Waals surface area contributed by atoms with Crippen LogP contribution in [0.4, 0.5) is 5.82 Å². The fourth-order valence-corrected chi connectivity index (χ4v) is 2.27. The minimum Gasteiger partial charge on any atom is -0.480 e. The van der Waals surface area contributed by atoms with Crippen LogP contribution in [-0.4, -0.2) is 43.9 Å². The zero-order valence-corrected chi connectivity index (χ0v) is 12.9. The van der Waals surface area contributed by atoms with E-state index in [2.05, 4.69) is 15.1 Å². The monoisotopic (exact) mass is 291 g/mol. The van der Waals surface area contributed by atoms with Crippen LogP contribution >= 0.6 is 0 Å². The first-order valence-electron chi connectivity index (χ1n) is 7.00. The van der Waals surface area contributed by atoms with E-state index in [4.69, 9.17) is 5.11 Å². The van der Waals surface area contributed by atoms with E-state index in [0.29, 0.717) is 12.4 Å². The highest BCUT2D eigenvalue weighted by Crippen LogP contribution is 2.26. The van der Waals surface area contributed by atoms with Crippen LogP contribution < -0.4 is 4.90 Å². The number of carboxylic acids is 1. The molecule has 0 aromatic carbocycles. The molecule has 0 aliphatic heterocycles. The third kappa shape index (κ3) is 3.12. The Kier molecular flexibility index (Phi) is 4.11. The van der Waals surface area contributed by atoms with Crippen LogP contribution in [0.3, 0.4) is 0 Å². The lowest BCUT2D eigenvalue weighted by Crippen LogP contribution is -2.31. The number of nitrogens with zero attached hydrogens (tertiary/aromatic N) is 5. The van der Waals surface area contributed by atoms with E-state index >= 15 is 0 Å². The van der Waals surface area contributed by atoms with Crippen LogP contribution in [0.2, 0.25) is 0 Å². The summed E-state index contributed by atoms with van der Waals surface area (Å²) in [6.07, 6.45) is 4.01. The van der Waals surface area contributed by atoms with E-state index in [0.717, 1.165) is 17.5 Å². The smallest absolute Gasteiger partial charge is 0.323 e. The Balaban J connectivity index is 2.53. The molecule has 0 unspecified atom stereocenters. The molecule has 0 amide bonds. The van der Waals surface area contributed by atoms with E-state index in [1.807, 2.05) is 32.4 Å². The molecule has 2 aromatic rings. The molecule has 0 radical (unpaired) electrons. The number of rotatable bonds is 5. The molecule has 1 N–H and O–H groups in total. The van der Waals surface area contributed by atoms with Crippen molar-refractivity contribution in [3.63, 3.8) is 0 Å². The Morgan fingerprint density at radius 3 is 2.67 bits per heavy atom. The van der Waals surface area contributed by atoms with Gasteiger partial charge in [0.2, 0.25) is 0 Å². The molecule has 114 valence electrons. The van der Waals surface area contributed by atoms with Gasteiger partial charge in [0.15, 0.2) is 5.65 Å². The lowest BCUT2D eigenvalue weighted by molar-refractivity contribution is -0.135. The third-order valence-corrected chi connectivity index (χ3v) is 3.10. The second-order valence-electron chi connectivity index (χ2n) is 5.98. The van der Waals surface area contributed by atoms with Crippen molar-refractivity contribution in [2.75, 3.05) is 18.0 Å². The molecule has 0 bridgehead atoms. The summed E-state index contributed by atoms with van der Waals surface area (Å²) >= 11 is 0. The first-order chi connectivity index (χ1) is 9.84. The Bertz CT molecular complexity index is 644. The van der Waals surface area contributed by atoms with Gasteiger partial charge < -0.3 is 10.0 Å². The second-order valence-corrected chi connectivity index (χ2v) is 5.98. The quantitative estimate of drug-likeness (QED) is 0.905. The van der Waals surface area contributed by atoms with Crippen molar-refractivity contribution in [3.8, 4) is 0 Å². The van der Waals surface area contributed by atoms with Gasteiger partial charge in [-0.05, 0) is 27.2 Å². The predicted octanol–water partition coefficient (Wildman–Crippen LogP) is 1.88. The van der Waals surface area contributed by atoms with Gasteiger partial charge in [0, 0.05) is 6.54 Å². The zero-order chi connectivity index (χ0) is 15.6. The van der Waals surface area contributed by atoms with Crippen molar-refractivity contribution in [3.05, 3.63) is 12.5 Å². The Labute approximate surface area is 123 Å². The zero-order valence-electron chi connectivity index (χ0n) is 12.9. The molecule has 7 heteroatoms. The minimum atomic E-state index is -0.876. The average Bonchev–Trinajstić information content (AvgIpc) is 2.81. The van der Waals surface area contributed by atoms with Crippen LogP contribution in [0.15, 0.2) is 12.5 Å². The van der Waals surface area contributed by atoms with Crippen molar-refractivity contribution < 1.29 is 9.90 Å². The molecule has 0 aliphatic carbocycles. The molecular weight excluding hydrogens is 270 g/mol. The maximum absolute atomic E-state index is 11.1. The number of anilines is 1. The number of aliphatic carboxylic acids is 1. The summed E-state index contributed by atoms with van der Waals surface area (Å²) in [5.74, 6) is -0.252. The van der Waals surface area contributed by atoms with E-state index < -0.39 is 5.97 Å². The van der Waals surface area contributed by atoms with Crippen LogP contribution in [0.5, 0.6) is 0 Å². The second kappa shape index (κ2) is 5.67. The molecule has 2 heterocycles. The molecule has 7 nitrogen and oxygen atoms in total. The highest BCUT2D eigenvalue weighted by Gasteiger charge is 2.22. The highest BCUT2D eigenvalue weighted by molar-refractivity contribution is 5.88. The molecule has 0 saturated heterocycles. The van der Waals surface area contributed by atoms with Crippen LogP contribution in [0.1, 0.15) is 34.1 Å². The fraction of sp³-hybridized carbons (Fsp3) is 0.571. The van der Waals surface area contributed by atoms with Crippen molar-refractivity contribution in [1.82, 2.24) is 19.7 Å². The predicted molar refractivity (Wildman–Crippen MR) is 80.5 cm³/mol. The maximum atomic E-state index is 11.1. The summed E-state index contributed by atoms with van der Waals surface area (Å²) in [6, 6.07) is 0. The van der Waals surface area contributed by atoms with Crippen molar-refractivity contribution in [1.29, 1.82) is 0 Å². The van der Waals surface area contributed by atoms with Gasteiger partial charge in [0.25, 0.3) is 0 Å². The number of hydrogen-bond donors (Lipinski definition) is 1. The van der Waals surface area contributed by atoms with Crippen molar-refractivity contribution >= 4 is 22.8 Å². The number of hydrogen-bond acceptors (Lipinski definition) is 5. The number of carboxylic acid groups (broad SMARTS) is 1. The lowest BCUT2D eigenvalue weighted by atomic mass is 10.1. The first kappa shape index (κ1) is 15.2. The summed E-state index contributed by atoms with van der Waals surface area (Å²) in [5.41, 5.74) is 0.523. The third-order valence-electron chi connectivity index (χ3n) is 3.10. The summed E-state index contributed by atoms with van der Waals surface area (Å²) < 4.78 is 1.83. The molecule has 0 fully saturated rings. The van der Waals surface area contributed by atoms with Crippen LogP contribution in [0, 0.1) is 0 Å². The van der Waals surface area contributed by atoms with Crippen molar-refractivity contribution in [2.24, 2.45) is 0 Å². The van der Waals surface area contributed by atoms with Gasteiger partial charge in [-0.2, -0.15) is 5.10 Å². The molecule has 0 atom stereocenters. The maximum Gasteiger partial charge on any atom is 0.323 e. The summed E-state index contributed by atoms with van der Waals surface area (Å²) in [5, 5.41) is 14.2. The van der Waals surface area contributed by atoms with E-state index in [9.17, 15) is 4.79 Å².